The summed E-state index contributed by atoms with van der Waals surface area (Å²) in [6, 6.07) is 1.53. The van der Waals surface area contributed by atoms with Crippen LogP contribution in [0.25, 0.3) is 0 Å². The highest BCUT2D eigenvalue weighted by molar-refractivity contribution is 7.89. The molecular formula is C12H21N5O3S. The summed E-state index contributed by atoms with van der Waals surface area (Å²) in [4.78, 5) is 6.02. The largest absolute Gasteiger partial charge is 0.395 e. The molecule has 21 heavy (non-hydrogen) atoms. The lowest BCUT2D eigenvalue weighted by Crippen LogP contribution is -2.36. The lowest BCUT2D eigenvalue weighted by atomic mass is 10.4. The van der Waals surface area contributed by atoms with Gasteiger partial charge < -0.3 is 10.5 Å². The third kappa shape index (κ3) is 3.69. The van der Waals surface area contributed by atoms with E-state index in [4.69, 9.17) is 10.9 Å². The number of sulfonamides is 1. The summed E-state index contributed by atoms with van der Waals surface area (Å²) < 4.78 is 26.9. The predicted octanol–water partition coefficient (Wildman–Crippen LogP) is -0.944. The highest BCUT2D eigenvalue weighted by atomic mass is 32.2. The van der Waals surface area contributed by atoms with Gasteiger partial charge in [0, 0.05) is 38.6 Å². The maximum Gasteiger partial charge on any atom is 0.246 e. The number of pyridine rings is 1. The van der Waals surface area contributed by atoms with Crippen molar-refractivity contribution >= 4 is 15.7 Å². The average Bonchev–Trinajstić information content (AvgIpc) is 2.74. The Kier molecular flexibility index (Phi) is 5.48. The molecule has 2 rings (SSSR count). The number of aliphatic hydroxyl groups is 1. The first-order valence-corrected chi connectivity index (χ1v) is 8.27. The van der Waals surface area contributed by atoms with Crippen LogP contribution < -0.4 is 11.3 Å². The van der Waals surface area contributed by atoms with Crippen molar-refractivity contribution in [1.29, 1.82) is 0 Å². The Labute approximate surface area is 124 Å². The molecule has 1 aromatic rings. The van der Waals surface area contributed by atoms with Crippen molar-refractivity contribution in [1.82, 2.24) is 14.2 Å². The number of nitrogens with zero attached hydrogens (tertiary/aromatic N) is 3. The highest BCUT2D eigenvalue weighted by Gasteiger charge is 2.28. The monoisotopic (exact) mass is 315 g/mol. The number of rotatable bonds is 5. The van der Waals surface area contributed by atoms with E-state index in [1.54, 1.807) is 0 Å². The lowest BCUT2D eigenvalue weighted by Gasteiger charge is -2.22. The van der Waals surface area contributed by atoms with Gasteiger partial charge in [0.25, 0.3) is 0 Å². The molecule has 8 nitrogen and oxygen atoms in total. The predicted molar refractivity (Wildman–Crippen MR) is 78.9 cm³/mol. The first kappa shape index (κ1) is 16.1. The SMILES string of the molecule is NNc1ccncc1S(=O)(=O)N1CCCN(CCO)CC1. The van der Waals surface area contributed by atoms with Crippen LogP contribution in [-0.2, 0) is 10.0 Å². The van der Waals surface area contributed by atoms with Gasteiger partial charge in [0.1, 0.15) is 4.90 Å². The Morgan fingerprint density at radius 3 is 2.86 bits per heavy atom. The summed E-state index contributed by atoms with van der Waals surface area (Å²) >= 11 is 0. The zero-order chi connectivity index (χ0) is 15.3. The number of nitrogen functional groups attached to an aromatic ring is 1. The van der Waals surface area contributed by atoms with Crippen molar-refractivity contribution in [2.45, 2.75) is 11.3 Å². The molecule has 0 amide bonds. The van der Waals surface area contributed by atoms with Crippen molar-refractivity contribution in [3.05, 3.63) is 18.5 Å². The smallest absolute Gasteiger partial charge is 0.246 e. The summed E-state index contributed by atoms with van der Waals surface area (Å²) in [5.74, 6) is 5.37. The molecule has 118 valence electrons. The summed E-state index contributed by atoms with van der Waals surface area (Å²) in [5, 5.41) is 8.98. The van der Waals surface area contributed by atoms with E-state index in [1.807, 2.05) is 0 Å². The van der Waals surface area contributed by atoms with E-state index in [1.165, 1.54) is 22.8 Å². The first-order chi connectivity index (χ1) is 10.1. The molecule has 1 fully saturated rings. The van der Waals surface area contributed by atoms with Crippen LogP contribution in [0, 0.1) is 0 Å². The molecule has 0 atom stereocenters. The second-order valence-corrected chi connectivity index (χ2v) is 6.75. The van der Waals surface area contributed by atoms with E-state index in [0.29, 0.717) is 31.9 Å². The van der Waals surface area contributed by atoms with Gasteiger partial charge in [0.2, 0.25) is 10.0 Å². The van der Waals surface area contributed by atoms with Gasteiger partial charge in [-0.05, 0) is 19.0 Å². The second-order valence-electron chi connectivity index (χ2n) is 4.84. The lowest BCUT2D eigenvalue weighted by molar-refractivity contribution is 0.202. The zero-order valence-corrected chi connectivity index (χ0v) is 12.6. The Morgan fingerprint density at radius 2 is 2.14 bits per heavy atom. The molecule has 0 radical (unpaired) electrons. The number of nitrogens with one attached hydrogen (secondary N) is 1. The highest BCUT2D eigenvalue weighted by Crippen LogP contribution is 2.23. The van der Waals surface area contributed by atoms with Crippen LogP contribution >= 0.6 is 0 Å². The summed E-state index contributed by atoms with van der Waals surface area (Å²) in [6.07, 6.45) is 3.52. The van der Waals surface area contributed by atoms with E-state index in [-0.39, 0.29) is 11.5 Å². The third-order valence-electron chi connectivity index (χ3n) is 3.52. The Balaban J connectivity index is 2.19. The van der Waals surface area contributed by atoms with Crippen molar-refractivity contribution in [3.63, 3.8) is 0 Å². The molecule has 0 unspecified atom stereocenters. The van der Waals surface area contributed by atoms with E-state index in [0.717, 1.165) is 13.0 Å². The van der Waals surface area contributed by atoms with E-state index < -0.39 is 10.0 Å². The molecule has 1 aliphatic rings. The number of β-amino-alcohol motifs (C(OH)–C–C–N with tert-alkyl or cyclic N) is 1. The maximum absolute atomic E-state index is 12.7. The minimum Gasteiger partial charge on any atom is -0.395 e. The van der Waals surface area contributed by atoms with Crippen LogP contribution in [0.2, 0.25) is 0 Å². The number of nitrogens with two attached hydrogens (primary N) is 1. The molecule has 0 bridgehead atoms. The van der Waals surface area contributed by atoms with Gasteiger partial charge in [0.05, 0.1) is 12.3 Å². The molecule has 2 heterocycles. The molecular weight excluding hydrogens is 294 g/mol. The Morgan fingerprint density at radius 1 is 1.33 bits per heavy atom. The Bertz CT molecular complexity index is 566. The van der Waals surface area contributed by atoms with Gasteiger partial charge in [-0.2, -0.15) is 4.31 Å². The van der Waals surface area contributed by atoms with Gasteiger partial charge in [-0.1, -0.05) is 0 Å². The number of hydrogen-bond acceptors (Lipinski definition) is 7. The number of hydrogen-bond donors (Lipinski definition) is 3. The minimum atomic E-state index is -3.63. The van der Waals surface area contributed by atoms with Crippen molar-refractivity contribution < 1.29 is 13.5 Å². The molecule has 0 saturated carbocycles. The summed E-state index contributed by atoms with van der Waals surface area (Å²) in [7, 11) is -3.63. The number of anilines is 1. The average molecular weight is 315 g/mol. The van der Waals surface area contributed by atoms with Crippen molar-refractivity contribution in [2.75, 3.05) is 44.8 Å². The third-order valence-corrected chi connectivity index (χ3v) is 5.45. The van der Waals surface area contributed by atoms with Crippen molar-refractivity contribution in [2.24, 2.45) is 5.84 Å². The normalized spacial score (nSPS) is 18.4. The maximum atomic E-state index is 12.7. The van der Waals surface area contributed by atoms with E-state index in [2.05, 4.69) is 15.3 Å². The molecule has 9 heteroatoms. The van der Waals surface area contributed by atoms with Gasteiger partial charge in [-0.3, -0.25) is 15.7 Å². The fourth-order valence-corrected chi connectivity index (χ4v) is 3.97. The quantitative estimate of drug-likeness (QED) is 0.475. The second kappa shape index (κ2) is 7.14. The number of aromatic nitrogens is 1. The number of aliphatic hydroxyl groups excluding tert-OH is 1. The van der Waals surface area contributed by atoms with Crippen LogP contribution in [-0.4, -0.2) is 67.0 Å². The van der Waals surface area contributed by atoms with Crippen LogP contribution in [0.5, 0.6) is 0 Å². The molecule has 1 aromatic heterocycles. The standard InChI is InChI=1S/C12H21N5O3S/c13-15-11-2-3-14-10-12(11)21(19,20)17-5-1-4-16(6-7-17)8-9-18/h2-3,10,18H,1,4-9,13H2,(H,14,15). The first-order valence-electron chi connectivity index (χ1n) is 6.83. The minimum absolute atomic E-state index is 0.0800. The van der Waals surface area contributed by atoms with Gasteiger partial charge >= 0.3 is 0 Å². The van der Waals surface area contributed by atoms with Crippen LogP contribution in [0.3, 0.4) is 0 Å². The molecule has 0 aliphatic carbocycles. The molecule has 0 aromatic carbocycles. The van der Waals surface area contributed by atoms with Crippen LogP contribution in [0.1, 0.15) is 6.42 Å². The van der Waals surface area contributed by atoms with Gasteiger partial charge in [-0.25, -0.2) is 8.42 Å². The zero-order valence-electron chi connectivity index (χ0n) is 11.8. The van der Waals surface area contributed by atoms with Gasteiger partial charge in [-0.15, -0.1) is 0 Å². The molecule has 4 N–H and O–H groups in total. The molecule has 0 spiro atoms. The molecule has 1 saturated heterocycles. The topological polar surface area (TPSA) is 112 Å². The summed E-state index contributed by atoms with van der Waals surface area (Å²) in [5.41, 5.74) is 2.73. The van der Waals surface area contributed by atoms with Crippen molar-refractivity contribution in [3.8, 4) is 0 Å². The van der Waals surface area contributed by atoms with Crippen LogP contribution in [0.15, 0.2) is 23.4 Å². The summed E-state index contributed by atoms with van der Waals surface area (Å²) in [6.45, 7) is 2.87. The van der Waals surface area contributed by atoms with Crippen LogP contribution in [0.4, 0.5) is 5.69 Å². The fraction of sp³-hybridized carbons (Fsp3) is 0.583. The van der Waals surface area contributed by atoms with E-state index >= 15 is 0 Å². The van der Waals surface area contributed by atoms with Gasteiger partial charge in [0.15, 0.2) is 0 Å². The molecule has 1 aliphatic heterocycles. The number of hydrazine groups is 1. The Hall–Kier alpha value is -1.26. The fourth-order valence-electron chi connectivity index (χ4n) is 2.40. The van der Waals surface area contributed by atoms with E-state index in [9.17, 15) is 8.42 Å².